The highest BCUT2D eigenvalue weighted by Gasteiger charge is 2.19. The maximum atomic E-state index is 12.5. The van der Waals surface area contributed by atoms with E-state index in [1.807, 2.05) is 61.1 Å². The van der Waals surface area contributed by atoms with Gasteiger partial charge in [-0.1, -0.05) is 24.3 Å². The molecule has 3 rings (SSSR count). The number of carbonyl (C=O) groups is 2. The molecule has 2 heterocycles. The van der Waals surface area contributed by atoms with Gasteiger partial charge >= 0.3 is 5.97 Å². The van der Waals surface area contributed by atoms with Crippen molar-refractivity contribution in [1.29, 1.82) is 0 Å². The minimum atomic E-state index is -0.401. The van der Waals surface area contributed by atoms with Crippen LogP contribution < -0.4 is 0 Å². The number of ether oxygens (including phenoxy) is 1. The first kappa shape index (κ1) is 18.1. The number of nitrogens with zero attached hydrogens (tertiary/aromatic N) is 2. The number of benzene rings is 1. The molecule has 0 bridgehead atoms. The van der Waals surface area contributed by atoms with Gasteiger partial charge in [-0.3, -0.25) is 14.2 Å². The van der Waals surface area contributed by atoms with E-state index < -0.39 is 5.97 Å². The summed E-state index contributed by atoms with van der Waals surface area (Å²) < 4.78 is 7.14. The highest BCUT2D eigenvalue weighted by atomic mass is 32.1. The molecule has 0 N–H and O–H groups in total. The van der Waals surface area contributed by atoms with E-state index in [1.165, 1.54) is 11.3 Å². The number of Topliss-reactive ketones (excluding diaryl/α,β-unsaturated/α-hetero) is 1. The molecule has 0 saturated heterocycles. The lowest BCUT2D eigenvalue weighted by atomic mass is 10.1. The maximum Gasteiger partial charge on any atom is 0.310 e. The smallest absolute Gasteiger partial charge is 0.310 e. The van der Waals surface area contributed by atoms with E-state index in [4.69, 9.17) is 4.74 Å². The monoisotopic (exact) mass is 368 g/mol. The Morgan fingerprint density at radius 3 is 2.65 bits per heavy atom. The number of carbonyl (C=O) groups excluding carboxylic acids is 2. The van der Waals surface area contributed by atoms with Crippen molar-refractivity contribution in [2.45, 2.75) is 27.2 Å². The Morgan fingerprint density at radius 2 is 1.96 bits per heavy atom. The summed E-state index contributed by atoms with van der Waals surface area (Å²) in [5.41, 5.74) is 4.22. The second kappa shape index (κ2) is 7.66. The third-order valence-electron chi connectivity index (χ3n) is 4.30. The van der Waals surface area contributed by atoms with Crippen molar-refractivity contribution in [3.63, 3.8) is 0 Å². The maximum absolute atomic E-state index is 12.5. The van der Waals surface area contributed by atoms with E-state index in [0.717, 1.165) is 27.6 Å². The quantitative estimate of drug-likeness (QED) is 0.490. The predicted molar refractivity (Wildman–Crippen MR) is 101 cm³/mol. The Balaban J connectivity index is 1.67. The van der Waals surface area contributed by atoms with E-state index in [2.05, 4.69) is 4.98 Å². The van der Waals surface area contributed by atoms with Gasteiger partial charge in [-0.25, -0.2) is 4.98 Å². The normalized spacial score (nSPS) is 10.7. The number of thiazole rings is 1. The summed E-state index contributed by atoms with van der Waals surface area (Å²) in [5.74, 6) is -0.611. The lowest BCUT2D eigenvalue weighted by Gasteiger charge is -2.07. The van der Waals surface area contributed by atoms with Gasteiger partial charge in [0.25, 0.3) is 0 Å². The molecule has 0 fully saturated rings. The number of hydrogen-bond acceptors (Lipinski definition) is 5. The van der Waals surface area contributed by atoms with Gasteiger partial charge in [-0.05, 0) is 38.0 Å². The lowest BCUT2D eigenvalue weighted by Crippen LogP contribution is -2.16. The molecular formula is C20H20N2O3S. The predicted octanol–water partition coefficient (Wildman–Crippen LogP) is 3.83. The summed E-state index contributed by atoms with van der Waals surface area (Å²) in [4.78, 5) is 28.9. The fraction of sp³-hybridized carbons (Fsp3) is 0.250. The van der Waals surface area contributed by atoms with Crippen molar-refractivity contribution in [3.8, 4) is 5.13 Å². The average Bonchev–Trinajstić information content (AvgIpc) is 3.22. The first-order valence-corrected chi connectivity index (χ1v) is 9.17. The third-order valence-corrected chi connectivity index (χ3v) is 5.06. The Morgan fingerprint density at radius 1 is 1.19 bits per heavy atom. The largest absolute Gasteiger partial charge is 0.457 e. The van der Waals surface area contributed by atoms with Gasteiger partial charge in [0.1, 0.15) is 0 Å². The summed E-state index contributed by atoms with van der Waals surface area (Å²) in [5, 5.41) is 2.71. The molecule has 1 aromatic carbocycles. The van der Waals surface area contributed by atoms with Crippen LogP contribution in [0.15, 0.2) is 41.9 Å². The fourth-order valence-corrected chi connectivity index (χ4v) is 3.66. The topological polar surface area (TPSA) is 61.2 Å². The van der Waals surface area contributed by atoms with Crippen molar-refractivity contribution >= 4 is 23.1 Å². The minimum absolute atomic E-state index is 0.165. The van der Waals surface area contributed by atoms with Crippen molar-refractivity contribution in [2.75, 3.05) is 6.61 Å². The van der Waals surface area contributed by atoms with Crippen LogP contribution in [0.3, 0.4) is 0 Å². The van der Waals surface area contributed by atoms with Gasteiger partial charge in [-0.2, -0.15) is 0 Å². The van der Waals surface area contributed by atoms with Crippen LogP contribution >= 0.6 is 11.3 Å². The molecule has 0 aliphatic rings. The molecule has 0 unspecified atom stereocenters. The zero-order chi connectivity index (χ0) is 18.7. The van der Waals surface area contributed by atoms with Crippen LogP contribution in [-0.4, -0.2) is 27.9 Å². The van der Waals surface area contributed by atoms with Crippen molar-refractivity contribution < 1.29 is 14.3 Å². The molecule has 5 nitrogen and oxygen atoms in total. The van der Waals surface area contributed by atoms with Crippen LogP contribution in [0.4, 0.5) is 0 Å². The first-order chi connectivity index (χ1) is 12.5. The van der Waals surface area contributed by atoms with Crippen LogP contribution in [-0.2, 0) is 16.0 Å². The van der Waals surface area contributed by atoms with Crippen LogP contribution in [0, 0.1) is 20.8 Å². The Kier molecular flexibility index (Phi) is 5.32. The zero-order valence-electron chi connectivity index (χ0n) is 15.0. The number of hydrogen-bond donors (Lipinski definition) is 0. The third kappa shape index (κ3) is 3.75. The Hall–Kier alpha value is -2.73. The molecule has 134 valence electrons. The molecule has 0 spiro atoms. The van der Waals surface area contributed by atoms with E-state index in [1.54, 1.807) is 6.20 Å². The molecule has 6 heteroatoms. The highest BCUT2D eigenvalue weighted by Crippen LogP contribution is 2.22. The minimum Gasteiger partial charge on any atom is -0.457 e. The van der Waals surface area contributed by atoms with E-state index in [9.17, 15) is 9.59 Å². The Bertz CT molecular complexity index is 942. The molecule has 0 saturated carbocycles. The molecular weight excluding hydrogens is 348 g/mol. The van der Waals surface area contributed by atoms with Crippen molar-refractivity contribution in [3.05, 3.63) is 70.0 Å². The summed E-state index contributed by atoms with van der Waals surface area (Å²) in [6.45, 7) is 5.49. The molecule has 0 atom stereocenters. The van der Waals surface area contributed by atoms with Crippen LogP contribution in [0.2, 0.25) is 0 Å². The van der Waals surface area contributed by atoms with Crippen LogP contribution in [0.5, 0.6) is 0 Å². The zero-order valence-corrected chi connectivity index (χ0v) is 15.8. The lowest BCUT2D eigenvalue weighted by molar-refractivity contribution is -0.141. The average molecular weight is 368 g/mol. The molecule has 26 heavy (non-hydrogen) atoms. The number of esters is 1. The summed E-state index contributed by atoms with van der Waals surface area (Å²) in [7, 11) is 0. The molecule has 2 aromatic heterocycles. The summed E-state index contributed by atoms with van der Waals surface area (Å²) in [6.07, 6.45) is 1.89. The number of aryl methyl sites for hydroxylation is 2. The Labute approximate surface area is 156 Å². The van der Waals surface area contributed by atoms with E-state index in [0.29, 0.717) is 5.56 Å². The second-order valence-corrected chi connectivity index (χ2v) is 7.00. The molecule has 0 radical (unpaired) electrons. The summed E-state index contributed by atoms with van der Waals surface area (Å²) >= 11 is 1.51. The van der Waals surface area contributed by atoms with Gasteiger partial charge in [0.05, 0.1) is 6.42 Å². The van der Waals surface area contributed by atoms with Crippen molar-refractivity contribution in [2.24, 2.45) is 0 Å². The molecule has 0 aliphatic heterocycles. The van der Waals surface area contributed by atoms with Gasteiger partial charge in [-0.15, -0.1) is 11.3 Å². The van der Waals surface area contributed by atoms with Crippen molar-refractivity contribution in [1.82, 2.24) is 9.55 Å². The van der Waals surface area contributed by atoms with Gasteiger partial charge in [0, 0.05) is 28.5 Å². The van der Waals surface area contributed by atoms with Gasteiger partial charge in [0.2, 0.25) is 5.78 Å². The second-order valence-electron chi connectivity index (χ2n) is 6.12. The van der Waals surface area contributed by atoms with E-state index in [-0.39, 0.29) is 18.8 Å². The van der Waals surface area contributed by atoms with Crippen LogP contribution in [0.25, 0.3) is 5.13 Å². The highest BCUT2D eigenvalue weighted by molar-refractivity contribution is 7.12. The number of rotatable bonds is 6. The molecule has 0 aliphatic carbocycles. The first-order valence-electron chi connectivity index (χ1n) is 8.29. The van der Waals surface area contributed by atoms with Crippen LogP contribution in [0.1, 0.15) is 32.9 Å². The van der Waals surface area contributed by atoms with E-state index >= 15 is 0 Å². The fourth-order valence-electron chi connectivity index (χ4n) is 2.90. The van der Waals surface area contributed by atoms with Gasteiger partial charge in [0.15, 0.2) is 11.7 Å². The number of aromatic nitrogens is 2. The molecule has 0 amide bonds. The standard InChI is InChI=1S/C20H20N2O3S/c1-13-6-4-5-7-16(13)11-19(24)25-12-18(23)17-10-14(2)22(15(17)3)20-21-8-9-26-20/h4-10H,11-12H2,1-3H3. The SMILES string of the molecule is Cc1ccccc1CC(=O)OCC(=O)c1cc(C)n(-c2nccs2)c1C. The van der Waals surface area contributed by atoms with Gasteiger partial charge < -0.3 is 4.74 Å². The number of ketones is 1. The molecule has 3 aromatic rings. The summed E-state index contributed by atoms with van der Waals surface area (Å²) in [6, 6.07) is 9.45.